The Labute approximate surface area is 393 Å². The second-order valence-corrected chi connectivity index (χ2v) is 24.1. The SMILES string of the molecule is CC1(C)CC[C@]2(C(=O)OC[C@H]3OC(OC[C@H]4OC(O)[C@H](O)[C@@H](O)[C@@H]4O)[C@H](O)[C@@H](O)[C@@H]3O)CC[C@]3(C)C(=CC[C@@]4(C)[C@@]3(C)CC[C@H]3[C@](C)(CO)[C@@H](O[C@@H]5OC[C@H](O)[C@H](O)[C@H]5O)CC[C@@]34C)[C@]2(C)C1. The van der Waals surface area contributed by atoms with E-state index in [9.17, 15) is 56.2 Å². The molecule has 0 bridgehead atoms. The Morgan fingerprint density at radius 2 is 1.28 bits per heavy atom. The van der Waals surface area contributed by atoms with Crippen LogP contribution in [0.5, 0.6) is 0 Å². The molecule has 7 fully saturated rings. The summed E-state index contributed by atoms with van der Waals surface area (Å²) >= 11 is 0. The van der Waals surface area contributed by atoms with Crippen molar-refractivity contribution >= 4 is 5.97 Å². The predicted octanol–water partition coefficient (Wildman–Crippen LogP) is 0.532. The zero-order valence-corrected chi connectivity index (χ0v) is 40.5. The van der Waals surface area contributed by atoms with Crippen molar-refractivity contribution in [1.82, 2.24) is 0 Å². The molecule has 0 amide bonds. The van der Waals surface area contributed by atoms with Crippen molar-refractivity contribution < 1.29 is 89.4 Å². The van der Waals surface area contributed by atoms with E-state index in [4.69, 9.17) is 28.4 Å². The molecule has 2 unspecified atom stereocenters. The Morgan fingerprint density at radius 1 is 0.657 bits per heavy atom. The predicted molar refractivity (Wildman–Crippen MR) is 235 cm³/mol. The zero-order chi connectivity index (χ0) is 49.2. The van der Waals surface area contributed by atoms with Gasteiger partial charge in [-0.15, -0.1) is 0 Å². The topological polar surface area (TPSA) is 295 Å². The summed E-state index contributed by atoms with van der Waals surface area (Å²) in [4.78, 5) is 15.1. The van der Waals surface area contributed by atoms with Crippen molar-refractivity contribution in [3.63, 3.8) is 0 Å². The fourth-order valence-electron chi connectivity index (χ4n) is 15.9. The van der Waals surface area contributed by atoms with Crippen molar-refractivity contribution in [1.29, 1.82) is 0 Å². The van der Waals surface area contributed by atoms with Gasteiger partial charge in [0.15, 0.2) is 18.9 Å². The minimum absolute atomic E-state index is 0.0301. The lowest BCUT2D eigenvalue weighted by molar-refractivity contribution is -0.326. The molecule has 3 heterocycles. The maximum absolute atomic E-state index is 15.1. The highest BCUT2D eigenvalue weighted by Gasteiger charge is 2.76. The summed E-state index contributed by atoms with van der Waals surface area (Å²) in [5.74, 6) is -0.398. The standard InChI is InChI=1S/C49H80O18/c1-42(2)15-17-49(41(61)64-21-26-32(54)34(56)37(59)39(66-26)63-20-25-31(53)33(55)35(57)38(60)65-25)18-16-45(5)28(46(49,6)22-42)10-14-47(7)44(4)12-11-29(67-40-36(58)30(52)24(51)19-62-40)43(3,23-50)27(44)9-13-48(45,47)8/h10,24-27,29-40,50-60H,9,11-23H2,1-8H3/t24-,25+,26+,27-,29-,30-,31+,32+,33-,34-,35+,36+,37+,38?,39?,40-,43-,44-,45+,46-,47+,48-,49+/m0/s1. The fourth-order valence-corrected chi connectivity index (χ4v) is 15.9. The van der Waals surface area contributed by atoms with Crippen LogP contribution in [-0.2, 0) is 33.2 Å². The molecule has 0 aromatic carbocycles. The molecule has 8 aliphatic rings. The van der Waals surface area contributed by atoms with Gasteiger partial charge in [-0.1, -0.05) is 67.0 Å². The van der Waals surface area contributed by atoms with Gasteiger partial charge < -0.3 is 84.6 Å². The molecule has 11 N–H and O–H groups in total. The van der Waals surface area contributed by atoms with E-state index in [2.05, 4.69) is 61.5 Å². The van der Waals surface area contributed by atoms with E-state index in [0.29, 0.717) is 25.7 Å². The van der Waals surface area contributed by atoms with Crippen LogP contribution < -0.4 is 0 Å². The van der Waals surface area contributed by atoms with Crippen LogP contribution in [0.15, 0.2) is 11.6 Å². The van der Waals surface area contributed by atoms with Gasteiger partial charge in [0.2, 0.25) is 0 Å². The fraction of sp³-hybridized carbons (Fsp3) is 0.939. The molecule has 8 rings (SSSR count). The summed E-state index contributed by atoms with van der Waals surface area (Å²) in [5, 5.41) is 116. The largest absolute Gasteiger partial charge is 0.462 e. The number of allylic oxidation sites excluding steroid dienone is 2. The second kappa shape index (κ2) is 17.7. The first-order chi connectivity index (χ1) is 31.1. The summed E-state index contributed by atoms with van der Waals surface area (Å²) < 4.78 is 35.1. The van der Waals surface area contributed by atoms with Crippen LogP contribution in [0, 0.1) is 49.2 Å². The maximum atomic E-state index is 15.1. The summed E-state index contributed by atoms with van der Waals surface area (Å²) in [6.07, 6.45) is -12.6. The van der Waals surface area contributed by atoms with Crippen LogP contribution in [0.2, 0.25) is 0 Å². The first kappa shape index (κ1) is 51.9. The Morgan fingerprint density at radius 3 is 1.96 bits per heavy atom. The third kappa shape index (κ3) is 7.58. The first-order valence-corrected chi connectivity index (χ1v) is 24.6. The number of aliphatic hydroxyl groups excluding tert-OH is 11. The van der Waals surface area contributed by atoms with Gasteiger partial charge in [0.05, 0.1) is 31.3 Å². The highest BCUT2D eigenvalue weighted by molar-refractivity contribution is 5.80. The maximum Gasteiger partial charge on any atom is 0.313 e. The van der Waals surface area contributed by atoms with Gasteiger partial charge in [0, 0.05) is 10.8 Å². The minimum atomic E-state index is -1.82. The first-order valence-electron chi connectivity index (χ1n) is 24.6. The minimum Gasteiger partial charge on any atom is -0.462 e. The zero-order valence-electron chi connectivity index (χ0n) is 40.5. The average Bonchev–Trinajstić information content (AvgIpc) is 3.27. The summed E-state index contributed by atoms with van der Waals surface area (Å²) in [7, 11) is 0. The van der Waals surface area contributed by atoms with Crippen molar-refractivity contribution in [2.24, 2.45) is 49.2 Å². The number of carbonyl (C=O) groups is 1. The molecule has 0 aromatic heterocycles. The van der Waals surface area contributed by atoms with Crippen LogP contribution in [0.3, 0.4) is 0 Å². The molecule has 3 saturated heterocycles. The third-order valence-corrected chi connectivity index (χ3v) is 20.6. The van der Waals surface area contributed by atoms with E-state index in [1.807, 2.05) is 0 Å². The van der Waals surface area contributed by atoms with E-state index >= 15 is 4.79 Å². The number of esters is 1. The Balaban J connectivity index is 1.03. The molecule has 0 aromatic rings. The molecular formula is C49H80O18. The van der Waals surface area contributed by atoms with Gasteiger partial charge in [-0.25, -0.2) is 0 Å². The molecule has 0 spiro atoms. The van der Waals surface area contributed by atoms with Gasteiger partial charge in [0.25, 0.3) is 0 Å². The third-order valence-electron chi connectivity index (χ3n) is 20.6. The molecule has 384 valence electrons. The molecule has 5 aliphatic carbocycles. The van der Waals surface area contributed by atoms with E-state index in [0.717, 1.165) is 38.5 Å². The van der Waals surface area contributed by atoms with E-state index in [1.54, 1.807) is 0 Å². The number of rotatable bonds is 9. The number of aliphatic hydroxyl groups is 11. The van der Waals surface area contributed by atoms with Gasteiger partial charge in [-0.3, -0.25) is 4.79 Å². The molecule has 18 heteroatoms. The monoisotopic (exact) mass is 957 g/mol. The second-order valence-electron chi connectivity index (χ2n) is 24.1. The van der Waals surface area contributed by atoms with E-state index in [1.165, 1.54) is 5.57 Å². The van der Waals surface area contributed by atoms with Crippen molar-refractivity contribution in [3.8, 4) is 0 Å². The molecule has 23 atom stereocenters. The molecule has 4 saturated carbocycles. The van der Waals surface area contributed by atoms with Crippen molar-refractivity contribution in [2.45, 2.75) is 212 Å². The number of carbonyl (C=O) groups excluding carboxylic acids is 1. The van der Waals surface area contributed by atoms with Crippen molar-refractivity contribution in [2.75, 3.05) is 26.4 Å². The van der Waals surface area contributed by atoms with E-state index < -0.39 is 128 Å². The van der Waals surface area contributed by atoms with Gasteiger partial charge >= 0.3 is 5.97 Å². The van der Waals surface area contributed by atoms with Gasteiger partial charge in [-0.2, -0.15) is 0 Å². The number of fused-ring (bicyclic) bond motifs is 7. The molecule has 67 heavy (non-hydrogen) atoms. The Kier molecular flexibility index (Phi) is 13.7. The quantitative estimate of drug-likeness (QED) is 0.0854. The van der Waals surface area contributed by atoms with E-state index in [-0.39, 0.29) is 46.2 Å². The average molecular weight is 957 g/mol. The highest BCUT2D eigenvalue weighted by atomic mass is 16.7. The van der Waals surface area contributed by atoms with Crippen molar-refractivity contribution in [3.05, 3.63) is 11.6 Å². The number of hydrogen-bond acceptors (Lipinski definition) is 18. The van der Waals surface area contributed by atoms with Gasteiger partial charge in [0.1, 0.15) is 73.8 Å². The molecular weight excluding hydrogens is 877 g/mol. The van der Waals surface area contributed by atoms with Crippen LogP contribution >= 0.6 is 0 Å². The summed E-state index contributed by atoms with van der Waals surface area (Å²) in [6.45, 7) is 17.1. The smallest absolute Gasteiger partial charge is 0.313 e. The van der Waals surface area contributed by atoms with Crippen LogP contribution in [-0.4, -0.2) is 181 Å². The number of ether oxygens (including phenoxy) is 6. The summed E-state index contributed by atoms with van der Waals surface area (Å²) in [5.41, 5.74) is -2.24. The Bertz CT molecular complexity index is 1870. The highest BCUT2D eigenvalue weighted by Crippen LogP contribution is 2.82. The molecule has 0 radical (unpaired) electrons. The lowest BCUT2D eigenvalue weighted by Crippen LogP contribution is -2.71. The number of hydrogen-bond donors (Lipinski definition) is 11. The van der Waals surface area contributed by atoms with Crippen LogP contribution in [0.1, 0.15) is 120 Å². The molecule has 3 aliphatic heterocycles. The van der Waals surface area contributed by atoms with Gasteiger partial charge in [-0.05, 0) is 97.2 Å². The Hall–Kier alpha value is -1.43. The lowest BCUT2D eigenvalue weighted by Gasteiger charge is -2.77. The van der Waals surface area contributed by atoms with Crippen LogP contribution in [0.4, 0.5) is 0 Å². The van der Waals surface area contributed by atoms with Crippen LogP contribution in [0.25, 0.3) is 0 Å². The lowest BCUT2D eigenvalue weighted by atomic mass is 9.27. The normalized spacial score (nSPS) is 55.2. The summed E-state index contributed by atoms with van der Waals surface area (Å²) in [6, 6.07) is 0. The molecule has 18 nitrogen and oxygen atoms in total.